The van der Waals surface area contributed by atoms with Gasteiger partial charge in [0.05, 0.1) is 24.9 Å². The topological polar surface area (TPSA) is 103 Å². The number of furan rings is 1. The lowest BCUT2D eigenvalue weighted by molar-refractivity contribution is 0.378. The lowest BCUT2D eigenvalue weighted by Gasteiger charge is -2.26. The highest BCUT2D eigenvalue weighted by Crippen LogP contribution is 2.40. The van der Waals surface area contributed by atoms with Crippen molar-refractivity contribution < 1.29 is 13.9 Å². The number of rotatable bonds is 5. The number of nitrogens with two attached hydrogens (primary N) is 1. The first-order valence-corrected chi connectivity index (χ1v) is 9.51. The average Bonchev–Trinajstić information content (AvgIpc) is 3.27. The minimum atomic E-state index is -0.700. The minimum Gasteiger partial charge on any atom is -0.497 e. The van der Waals surface area contributed by atoms with Gasteiger partial charge in [-0.25, -0.2) is 0 Å². The summed E-state index contributed by atoms with van der Waals surface area (Å²) >= 11 is 0. The molecule has 2 N–H and O–H groups in total. The van der Waals surface area contributed by atoms with Crippen molar-refractivity contribution in [1.82, 2.24) is 4.57 Å². The molecular formula is C23H21N3O4. The fourth-order valence-electron chi connectivity index (χ4n) is 3.74. The van der Waals surface area contributed by atoms with Gasteiger partial charge in [0, 0.05) is 18.3 Å². The molecule has 1 atom stereocenters. The Kier molecular flexibility index (Phi) is 5.07. The smallest absolute Gasteiger partial charge is 0.258 e. The molecule has 30 heavy (non-hydrogen) atoms. The lowest BCUT2D eigenvalue weighted by atomic mass is 9.88. The molecule has 0 radical (unpaired) electrons. The molecule has 0 spiro atoms. The molecule has 3 heterocycles. The quantitative estimate of drug-likeness (QED) is 0.702. The SMILES string of the molecule is COc1ccc(CCn2c(C)cc3c(c2=O)[C@@H](c2ccco2)C(C#N)=C(N)O3)cc1. The number of nitrogens with zero attached hydrogens (tertiary/aromatic N) is 2. The van der Waals surface area contributed by atoms with Gasteiger partial charge < -0.3 is 24.2 Å². The highest BCUT2D eigenvalue weighted by molar-refractivity contribution is 5.53. The number of pyridine rings is 1. The summed E-state index contributed by atoms with van der Waals surface area (Å²) in [6.07, 6.45) is 2.17. The Bertz CT molecular complexity index is 1200. The number of allylic oxidation sites excluding steroid dienone is 1. The fraction of sp³-hybridized carbons (Fsp3) is 0.217. The van der Waals surface area contributed by atoms with E-state index in [4.69, 9.17) is 19.6 Å². The molecule has 0 fully saturated rings. The van der Waals surface area contributed by atoms with E-state index < -0.39 is 5.92 Å². The van der Waals surface area contributed by atoms with Gasteiger partial charge in [-0.1, -0.05) is 12.1 Å². The van der Waals surface area contributed by atoms with Crippen LogP contribution in [0.2, 0.25) is 0 Å². The largest absolute Gasteiger partial charge is 0.497 e. The predicted octanol–water partition coefficient (Wildman–Crippen LogP) is 3.22. The summed E-state index contributed by atoms with van der Waals surface area (Å²) in [4.78, 5) is 13.5. The van der Waals surface area contributed by atoms with Gasteiger partial charge in [-0.05, 0) is 43.2 Å². The van der Waals surface area contributed by atoms with E-state index in [0.29, 0.717) is 30.0 Å². The highest BCUT2D eigenvalue weighted by Gasteiger charge is 2.35. The Morgan fingerprint density at radius 2 is 2.03 bits per heavy atom. The standard InChI is InChI=1S/C23H21N3O4/c1-14-12-19-21(20(18-4-3-11-29-18)17(13-24)22(25)30-19)23(27)26(14)10-9-15-5-7-16(28-2)8-6-15/h3-8,11-12,20H,9-10,25H2,1-2H3/t20-/m1/s1. The van der Waals surface area contributed by atoms with Crippen LogP contribution in [0.15, 0.2) is 69.4 Å². The molecule has 1 aromatic carbocycles. The summed E-state index contributed by atoms with van der Waals surface area (Å²) < 4.78 is 18.0. The Hall–Kier alpha value is -3.92. The van der Waals surface area contributed by atoms with E-state index in [2.05, 4.69) is 6.07 Å². The van der Waals surface area contributed by atoms with Crippen molar-refractivity contribution in [1.29, 1.82) is 5.26 Å². The Balaban J connectivity index is 1.75. The van der Waals surface area contributed by atoms with Crippen LogP contribution in [0.5, 0.6) is 11.5 Å². The maximum absolute atomic E-state index is 13.5. The molecule has 1 aliphatic heterocycles. The summed E-state index contributed by atoms with van der Waals surface area (Å²) in [5.74, 6) is 0.904. The van der Waals surface area contributed by atoms with Gasteiger partial charge in [-0.2, -0.15) is 5.26 Å². The number of methoxy groups -OCH3 is 1. The first-order valence-electron chi connectivity index (χ1n) is 9.51. The monoisotopic (exact) mass is 403 g/mol. The van der Waals surface area contributed by atoms with Crippen molar-refractivity contribution in [2.45, 2.75) is 25.8 Å². The third kappa shape index (κ3) is 3.33. The van der Waals surface area contributed by atoms with Crippen LogP contribution in [0.1, 0.15) is 28.5 Å². The van der Waals surface area contributed by atoms with E-state index in [1.54, 1.807) is 29.9 Å². The molecule has 152 valence electrons. The first-order chi connectivity index (χ1) is 14.5. The number of aromatic nitrogens is 1. The molecule has 2 aromatic heterocycles. The summed E-state index contributed by atoms with van der Waals surface area (Å²) in [5.41, 5.74) is 8.11. The van der Waals surface area contributed by atoms with Gasteiger partial charge in [0.1, 0.15) is 28.9 Å². The van der Waals surface area contributed by atoms with E-state index in [1.165, 1.54) is 6.26 Å². The summed E-state index contributed by atoms with van der Waals surface area (Å²) in [6, 6.07) is 15.0. The molecule has 0 saturated carbocycles. The molecule has 7 nitrogen and oxygen atoms in total. The fourth-order valence-corrected chi connectivity index (χ4v) is 3.74. The zero-order valence-electron chi connectivity index (χ0n) is 16.7. The van der Waals surface area contributed by atoms with Gasteiger partial charge >= 0.3 is 0 Å². The van der Waals surface area contributed by atoms with Crippen LogP contribution in [0.4, 0.5) is 0 Å². The molecule has 0 bridgehead atoms. The van der Waals surface area contributed by atoms with Crippen molar-refractivity contribution >= 4 is 0 Å². The molecule has 4 rings (SSSR count). The molecule has 7 heteroatoms. The highest BCUT2D eigenvalue weighted by atomic mass is 16.5. The number of aryl methyl sites for hydroxylation is 2. The van der Waals surface area contributed by atoms with E-state index in [1.807, 2.05) is 31.2 Å². The maximum atomic E-state index is 13.5. The number of nitriles is 1. The van der Waals surface area contributed by atoms with E-state index in [0.717, 1.165) is 17.0 Å². The van der Waals surface area contributed by atoms with Crippen molar-refractivity contribution in [3.8, 4) is 17.6 Å². The van der Waals surface area contributed by atoms with Gasteiger partial charge in [0.2, 0.25) is 5.88 Å². The van der Waals surface area contributed by atoms with Crippen LogP contribution in [-0.4, -0.2) is 11.7 Å². The molecule has 3 aromatic rings. The zero-order valence-corrected chi connectivity index (χ0v) is 16.7. The van der Waals surface area contributed by atoms with Crippen LogP contribution in [0.3, 0.4) is 0 Å². The summed E-state index contributed by atoms with van der Waals surface area (Å²) in [7, 11) is 1.62. The van der Waals surface area contributed by atoms with Crippen molar-refractivity contribution in [2.75, 3.05) is 7.11 Å². The predicted molar refractivity (Wildman–Crippen MR) is 110 cm³/mol. The third-order valence-electron chi connectivity index (χ3n) is 5.30. The van der Waals surface area contributed by atoms with Crippen molar-refractivity contribution in [3.05, 3.63) is 93.1 Å². The van der Waals surface area contributed by atoms with Gasteiger partial charge in [0.25, 0.3) is 5.56 Å². The zero-order chi connectivity index (χ0) is 21.3. The van der Waals surface area contributed by atoms with Gasteiger partial charge in [-0.15, -0.1) is 0 Å². The minimum absolute atomic E-state index is 0.0128. The number of benzene rings is 1. The van der Waals surface area contributed by atoms with Gasteiger partial charge in [-0.3, -0.25) is 4.79 Å². The average molecular weight is 403 g/mol. The number of fused-ring (bicyclic) bond motifs is 1. The third-order valence-corrected chi connectivity index (χ3v) is 5.30. The van der Waals surface area contributed by atoms with E-state index in [9.17, 15) is 10.1 Å². The van der Waals surface area contributed by atoms with Crippen LogP contribution in [0.25, 0.3) is 0 Å². The Labute approximate surface area is 173 Å². The normalized spacial score (nSPS) is 15.3. The number of hydrogen-bond donors (Lipinski definition) is 1. The first kappa shape index (κ1) is 19.4. The molecule has 1 aliphatic rings. The van der Waals surface area contributed by atoms with Crippen LogP contribution in [-0.2, 0) is 13.0 Å². The molecule has 0 aliphatic carbocycles. The summed E-state index contributed by atoms with van der Waals surface area (Å²) in [6.45, 7) is 2.33. The molecule has 0 unspecified atom stereocenters. The molecule has 0 saturated heterocycles. The molecular weight excluding hydrogens is 382 g/mol. The van der Waals surface area contributed by atoms with E-state index in [-0.39, 0.29) is 17.0 Å². The second kappa shape index (κ2) is 7.84. The van der Waals surface area contributed by atoms with E-state index >= 15 is 0 Å². The lowest BCUT2D eigenvalue weighted by Crippen LogP contribution is -2.33. The Morgan fingerprint density at radius 3 is 2.67 bits per heavy atom. The van der Waals surface area contributed by atoms with Crippen LogP contribution < -0.4 is 20.8 Å². The second-order valence-electron chi connectivity index (χ2n) is 7.06. The second-order valence-corrected chi connectivity index (χ2v) is 7.06. The summed E-state index contributed by atoms with van der Waals surface area (Å²) in [5, 5.41) is 9.64. The number of hydrogen-bond acceptors (Lipinski definition) is 6. The van der Waals surface area contributed by atoms with Gasteiger partial charge in [0.15, 0.2) is 0 Å². The Morgan fingerprint density at radius 1 is 1.27 bits per heavy atom. The van der Waals surface area contributed by atoms with Crippen molar-refractivity contribution in [3.63, 3.8) is 0 Å². The van der Waals surface area contributed by atoms with Crippen LogP contribution in [0, 0.1) is 18.3 Å². The number of ether oxygens (including phenoxy) is 2. The molecule has 0 amide bonds. The van der Waals surface area contributed by atoms with Crippen molar-refractivity contribution in [2.24, 2.45) is 5.73 Å². The maximum Gasteiger partial charge on any atom is 0.258 e. The van der Waals surface area contributed by atoms with Crippen LogP contribution >= 0.6 is 0 Å².